The van der Waals surface area contributed by atoms with E-state index in [0.29, 0.717) is 12.1 Å². The van der Waals surface area contributed by atoms with Crippen LogP contribution in [0.15, 0.2) is 23.1 Å². The molecule has 8 nitrogen and oxygen atoms in total. The van der Waals surface area contributed by atoms with Gasteiger partial charge in [0, 0.05) is 20.6 Å². The monoisotopic (exact) mass is 368 g/mol. The quantitative estimate of drug-likeness (QED) is 0.752. The number of fused-ring (bicyclic) bond motifs is 1. The van der Waals surface area contributed by atoms with Crippen LogP contribution in [0, 0.1) is 0 Å². The Morgan fingerprint density at radius 2 is 1.96 bits per heavy atom. The van der Waals surface area contributed by atoms with Gasteiger partial charge in [-0.05, 0) is 31.7 Å². The number of rotatable bonds is 8. The number of carboxylic acid groups (broad SMARTS) is 1. The van der Waals surface area contributed by atoms with E-state index >= 15 is 0 Å². The van der Waals surface area contributed by atoms with E-state index in [1.54, 1.807) is 30.1 Å². The molecule has 0 fully saturated rings. The Kier molecular flexibility index (Phi) is 5.81. The lowest BCUT2D eigenvalue weighted by atomic mass is 10.3. The van der Waals surface area contributed by atoms with Gasteiger partial charge in [0.25, 0.3) is 0 Å². The van der Waals surface area contributed by atoms with Crippen LogP contribution in [0.2, 0.25) is 0 Å². The Morgan fingerprint density at radius 3 is 2.52 bits per heavy atom. The van der Waals surface area contributed by atoms with Crippen LogP contribution in [0.1, 0.15) is 19.2 Å². The van der Waals surface area contributed by atoms with Crippen LogP contribution in [0.4, 0.5) is 0 Å². The summed E-state index contributed by atoms with van der Waals surface area (Å²) in [4.78, 5) is 17.3. The van der Waals surface area contributed by atoms with Crippen LogP contribution in [0.3, 0.4) is 0 Å². The first kappa shape index (κ1) is 19.4. The Hall–Kier alpha value is -1.97. The van der Waals surface area contributed by atoms with E-state index in [0.717, 1.165) is 24.3 Å². The second-order valence-corrected chi connectivity index (χ2v) is 8.34. The summed E-state index contributed by atoms with van der Waals surface area (Å²) in [6.07, 6.45) is 0.888. The molecule has 0 spiro atoms. The molecule has 25 heavy (non-hydrogen) atoms. The number of nitrogens with zero attached hydrogens (tertiary/aromatic N) is 4. The van der Waals surface area contributed by atoms with Crippen molar-refractivity contribution in [3.63, 3.8) is 0 Å². The Labute approximate surface area is 147 Å². The lowest BCUT2D eigenvalue weighted by Crippen LogP contribution is -2.26. The van der Waals surface area contributed by atoms with Gasteiger partial charge in [-0.3, -0.25) is 9.69 Å². The zero-order valence-electron chi connectivity index (χ0n) is 14.9. The summed E-state index contributed by atoms with van der Waals surface area (Å²) in [7, 11) is 1.16. The van der Waals surface area contributed by atoms with Gasteiger partial charge in [0.05, 0.1) is 29.0 Å². The van der Waals surface area contributed by atoms with Crippen molar-refractivity contribution < 1.29 is 18.3 Å². The number of hydrogen-bond acceptors (Lipinski definition) is 5. The molecule has 0 aliphatic heterocycles. The molecule has 0 saturated carbocycles. The van der Waals surface area contributed by atoms with E-state index in [2.05, 4.69) is 4.98 Å². The van der Waals surface area contributed by atoms with Gasteiger partial charge >= 0.3 is 5.97 Å². The molecule has 9 heteroatoms. The first-order chi connectivity index (χ1) is 11.7. The molecule has 0 saturated heterocycles. The van der Waals surface area contributed by atoms with Crippen molar-refractivity contribution in [1.29, 1.82) is 0 Å². The summed E-state index contributed by atoms with van der Waals surface area (Å²) in [5.74, 6) is -0.181. The molecule has 2 rings (SSSR count). The minimum Gasteiger partial charge on any atom is -0.480 e. The molecule has 0 radical (unpaired) electrons. The van der Waals surface area contributed by atoms with E-state index in [1.807, 2.05) is 11.5 Å². The average Bonchev–Trinajstić information content (AvgIpc) is 2.83. The number of aromatic nitrogens is 2. The minimum atomic E-state index is -3.53. The highest BCUT2D eigenvalue weighted by atomic mass is 32.2. The van der Waals surface area contributed by atoms with Crippen molar-refractivity contribution in [3.8, 4) is 0 Å². The smallest absolute Gasteiger partial charge is 0.317 e. The topological polar surface area (TPSA) is 95.7 Å². The maximum atomic E-state index is 12.3. The van der Waals surface area contributed by atoms with Gasteiger partial charge in [0.2, 0.25) is 10.0 Å². The van der Waals surface area contributed by atoms with Crippen molar-refractivity contribution >= 4 is 27.0 Å². The summed E-state index contributed by atoms with van der Waals surface area (Å²) in [5, 5.41) is 8.91. The molecule has 1 aromatic heterocycles. The van der Waals surface area contributed by atoms with Crippen LogP contribution in [-0.4, -0.2) is 65.9 Å². The van der Waals surface area contributed by atoms with Crippen molar-refractivity contribution in [2.75, 3.05) is 27.7 Å². The van der Waals surface area contributed by atoms with Crippen LogP contribution in [0.25, 0.3) is 11.0 Å². The molecule has 0 amide bonds. The number of aliphatic carboxylic acids is 1. The second-order valence-electron chi connectivity index (χ2n) is 6.18. The van der Waals surface area contributed by atoms with Gasteiger partial charge in [-0.1, -0.05) is 6.92 Å². The summed E-state index contributed by atoms with van der Waals surface area (Å²) in [5.41, 5.74) is 1.44. The summed E-state index contributed by atoms with van der Waals surface area (Å²) >= 11 is 0. The Morgan fingerprint density at radius 1 is 1.28 bits per heavy atom. The number of hydrogen-bond donors (Lipinski definition) is 1. The van der Waals surface area contributed by atoms with Crippen molar-refractivity contribution in [3.05, 3.63) is 24.0 Å². The van der Waals surface area contributed by atoms with Gasteiger partial charge in [-0.25, -0.2) is 17.7 Å². The van der Waals surface area contributed by atoms with Crippen molar-refractivity contribution in [2.24, 2.45) is 0 Å². The summed E-state index contributed by atoms with van der Waals surface area (Å²) in [6, 6.07) is 4.91. The van der Waals surface area contributed by atoms with Crippen LogP contribution < -0.4 is 0 Å². The van der Waals surface area contributed by atoms with E-state index in [9.17, 15) is 13.2 Å². The standard InChI is InChI=1S/C16H24N4O4S/c1-5-8-20-14-7-6-12(25(23,24)18(2)3)9-13(14)17-15(20)10-19(4)11-16(21)22/h6-7,9H,5,8,10-11H2,1-4H3,(H,21,22). The van der Waals surface area contributed by atoms with Gasteiger partial charge in [0.1, 0.15) is 5.82 Å². The Balaban J connectivity index is 2.48. The molecule has 0 unspecified atom stereocenters. The third kappa shape index (κ3) is 4.17. The van der Waals surface area contributed by atoms with Crippen LogP contribution in [-0.2, 0) is 27.9 Å². The predicted molar refractivity (Wildman–Crippen MR) is 94.9 cm³/mol. The van der Waals surface area contributed by atoms with E-state index < -0.39 is 16.0 Å². The number of aryl methyl sites for hydroxylation is 1. The highest BCUT2D eigenvalue weighted by Gasteiger charge is 2.20. The maximum absolute atomic E-state index is 12.3. The van der Waals surface area contributed by atoms with Crippen LogP contribution >= 0.6 is 0 Å². The normalized spacial score (nSPS) is 12.4. The van der Waals surface area contributed by atoms with Crippen LogP contribution in [0.5, 0.6) is 0 Å². The lowest BCUT2D eigenvalue weighted by molar-refractivity contribution is -0.138. The molecule has 1 heterocycles. The average molecular weight is 368 g/mol. The highest BCUT2D eigenvalue weighted by molar-refractivity contribution is 7.89. The Bertz CT molecular complexity index is 874. The van der Waals surface area contributed by atoms with E-state index in [4.69, 9.17) is 5.11 Å². The zero-order chi connectivity index (χ0) is 18.8. The first-order valence-electron chi connectivity index (χ1n) is 7.98. The van der Waals surface area contributed by atoms with Crippen molar-refractivity contribution in [1.82, 2.24) is 18.8 Å². The van der Waals surface area contributed by atoms with Gasteiger partial charge in [0.15, 0.2) is 0 Å². The van der Waals surface area contributed by atoms with Gasteiger partial charge < -0.3 is 9.67 Å². The lowest BCUT2D eigenvalue weighted by Gasteiger charge is -2.15. The minimum absolute atomic E-state index is 0.0877. The molecule has 138 valence electrons. The highest BCUT2D eigenvalue weighted by Crippen LogP contribution is 2.23. The van der Waals surface area contributed by atoms with Crippen molar-refractivity contribution in [2.45, 2.75) is 31.3 Å². The fourth-order valence-corrected chi connectivity index (χ4v) is 3.58. The van der Waals surface area contributed by atoms with Gasteiger partial charge in [-0.2, -0.15) is 0 Å². The number of imidazole rings is 1. The fourth-order valence-electron chi connectivity index (χ4n) is 2.65. The fraction of sp³-hybridized carbons (Fsp3) is 0.500. The van der Waals surface area contributed by atoms with E-state index in [-0.39, 0.29) is 11.4 Å². The van der Waals surface area contributed by atoms with E-state index in [1.165, 1.54) is 18.4 Å². The molecule has 0 aliphatic carbocycles. The number of carboxylic acids is 1. The summed E-state index contributed by atoms with van der Waals surface area (Å²) < 4.78 is 27.8. The molecule has 2 aromatic rings. The molecule has 1 N–H and O–H groups in total. The second kappa shape index (κ2) is 7.51. The molecule has 1 aromatic carbocycles. The third-order valence-electron chi connectivity index (χ3n) is 3.84. The number of likely N-dealkylation sites (N-methyl/N-ethyl adjacent to an activating group) is 1. The number of sulfonamides is 1. The predicted octanol–water partition coefficient (Wildman–Crippen LogP) is 1.21. The third-order valence-corrected chi connectivity index (χ3v) is 5.65. The summed E-state index contributed by atoms with van der Waals surface area (Å²) in [6.45, 7) is 3.06. The molecule has 0 bridgehead atoms. The molecule has 0 aliphatic rings. The zero-order valence-corrected chi connectivity index (χ0v) is 15.7. The number of benzene rings is 1. The van der Waals surface area contributed by atoms with Gasteiger partial charge in [-0.15, -0.1) is 0 Å². The SMILES string of the molecule is CCCn1c(CN(C)CC(=O)O)nc2cc(S(=O)(=O)N(C)C)ccc21. The first-order valence-corrected chi connectivity index (χ1v) is 9.42. The largest absolute Gasteiger partial charge is 0.480 e. The molecular weight excluding hydrogens is 344 g/mol. The molecular formula is C16H24N4O4S. The molecule has 0 atom stereocenters. The number of carbonyl (C=O) groups is 1. The maximum Gasteiger partial charge on any atom is 0.317 e.